The van der Waals surface area contributed by atoms with Crippen LogP contribution in [0.3, 0.4) is 0 Å². The topological polar surface area (TPSA) is 114 Å². The molecule has 0 radical (unpaired) electrons. The summed E-state index contributed by atoms with van der Waals surface area (Å²) in [5, 5.41) is 11.8. The van der Waals surface area contributed by atoms with Gasteiger partial charge in [0.25, 0.3) is 5.91 Å². The van der Waals surface area contributed by atoms with E-state index >= 15 is 0 Å². The molecule has 0 atom stereocenters. The van der Waals surface area contributed by atoms with E-state index in [-0.39, 0.29) is 28.8 Å². The minimum absolute atomic E-state index is 0.108. The molecule has 4 rings (SSSR count). The van der Waals surface area contributed by atoms with E-state index in [1.807, 2.05) is 6.07 Å². The molecule has 0 spiro atoms. The van der Waals surface area contributed by atoms with Crippen molar-refractivity contribution >= 4 is 21.4 Å². The van der Waals surface area contributed by atoms with Gasteiger partial charge in [0.1, 0.15) is 23.2 Å². The molecule has 146 valence electrons. The van der Waals surface area contributed by atoms with Crippen molar-refractivity contribution in [1.29, 1.82) is 5.26 Å². The Balaban J connectivity index is 1.86. The van der Waals surface area contributed by atoms with Gasteiger partial charge in [-0.15, -0.1) is 0 Å². The number of aromatic nitrogens is 2. The fourth-order valence-corrected chi connectivity index (χ4v) is 4.61. The summed E-state index contributed by atoms with van der Waals surface area (Å²) in [7, 11) is -2.04. The molecule has 0 saturated heterocycles. The maximum Gasteiger partial charge on any atom is 0.274 e. The summed E-state index contributed by atoms with van der Waals surface area (Å²) in [6.45, 7) is 0.136. The van der Waals surface area contributed by atoms with Gasteiger partial charge in [0.2, 0.25) is 15.0 Å². The van der Waals surface area contributed by atoms with Crippen molar-refractivity contribution in [1.82, 2.24) is 9.55 Å². The van der Waals surface area contributed by atoms with E-state index < -0.39 is 15.7 Å². The van der Waals surface area contributed by atoms with Gasteiger partial charge in [-0.1, -0.05) is 24.3 Å². The molecule has 1 aromatic heterocycles. The molecule has 0 aliphatic carbocycles. The molecule has 3 aromatic rings. The molecule has 9 heteroatoms. The van der Waals surface area contributed by atoms with Gasteiger partial charge in [-0.25, -0.2) is 13.4 Å². The predicted molar refractivity (Wildman–Crippen MR) is 105 cm³/mol. The number of anilines is 1. The van der Waals surface area contributed by atoms with E-state index in [0.29, 0.717) is 22.6 Å². The number of nitrogens with zero attached hydrogens (tertiary/aromatic N) is 3. The Kier molecular flexibility index (Phi) is 4.56. The van der Waals surface area contributed by atoms with Crippen LogP contribution < -0.4 is 10.1 Å². The van der Waals surface area contributed by atoms with Crippen LogP contribution in [0.25, 0.3) is 11.3 Å². The fourth-order valence-electron chi connectivity index (χ4n) is 3.25. The lowest BCUT2D eigenvalue weighted by molar-refractivity contribution is 0.101. The average Bonchev–Trinajstić information content (AvgIpc) is 3.26. The van der Waals surface area contributed by atoms with Crippen LogP contribution in [0.15, 0.2) is 53.7 Å². The minimum atomic E-state index is -3.56. The first kappa shape index (κ1) is 18.7. The number of benzene rings is 2. The summed E-state index contributed by atoms with van der Waals surface area (Å²) < 4.78 is 31.4. The second-order valence-electron chi connectivity index (χ2n) is 6.41. The molecule has 1 aliphatic heterocycles. The summed E-state index contributed by atoms with van der Waals surface area (Å²) >= 11 is 0. The van der Waals surface area contributed by atoms with Crippen LogP contribution in [0.5, 0.6) is 5.75 Å². The number of ether oxygens (including phenoxy) is 1. The number of methoxy groups -OCH3 is 1. The highest BCUT2D eigenvalue weighted by atomic mass is 32.2. The number of amides is 1. The molecular formula is C20H16N4O4S. The van der Waals surface area contributed by atoms with Gasteiger partial charge in [-0.3, -0.25) is 4.79 Å². The minimum Gasteiger partial charge on any atom is -0.497 e. The van der Waals surface area contributed by atoms with Crippen molar-refractivity contribution in [3.8, 4) is 23.1 Å². The predicted octanol–water partition coefficient (Wildman–Crippen LogP) is 2.47. The van der Waals surface area contributed by atoms with E-state index in [4.69, 9.17) is 4.74 Å². The summed E-state index contributed by atoms with van der Waals surface area (Å²) in [6.07, 6.45) is 0. The van der Waals surface area contributed by atoms with Gasteiger partial charge >= 0.3 is 0 Å². The number of para-hydroxylation sites is 1. The lowest BCUT2D eigenvalue weighted by Crippen LogP contribution is -2.18. The maximum atomic E-state index is 13.2. The van der Waals surface area contributed by atoms with Gasteiger partial charge in [0.05, 0.1) is 24.1 Å². The van der Waals surface area contributed by atoms with Gasteiger partial charge in [0.15, 0.2) is 0 Å². The number of hydrogen-bond donors (Lipinski definition) is 1. The Morgan fingerprint density at radius 2 is 2.03 bits per heavy atom. The zero-order valence-electron chi connectivity index (χ0n) is 15.4. The molecule has 2 aromatic carbocycles. The lowest BCUT2D eigenvalue weighted by atomic mass is 10.1. The number of nitriles is 1. The van der Waals surface area contributed by atoms with E-state index in [1.54, 1.807) is 48.5 Å². The molecule has 2 heterocycles. The van der Waals surface area contributed by atoms with Gasteiger partial charge < -0.3 is 14.6 Å². The number of rotatable bonds is 4. The first-order valence-corrected chi connectivity index (χ1v) is 10.4. The van der Waals surface area contributed by atoms with Crippen LogP contribution in [-0.2, 0) is 16.4 Å². The highest BCUT2D eigenvalue weighted by Crippen LogP contribution is 2.32. The molecule has 1 amide bonds. The monoisotopic (exact) mass is 408 g/mol. The standard InChI is InChI=1S/C20H16N4O4S/c1-28-15-7-4-6-13(11-15)17-18(24-9-10-29(26,27)20(24)23-17)19(25)22-16-8-3-2-5-14(16)12-21/h2-8,11H,9-10H2,1H3,(H,22,25). The zero-order chi connectivity index (χ0) is 20.6. The van der Waals surface area contributed by atoms with Crippen molar-refractivity contribution < 1.29 is 17.9 Å². The number of imidazole rings is 1. The van der Waals surface area contributed by atoms with Crippen LogP contribution in [0, 0.1) is 11.3 Å². The average molecular weight is 408 g/mol. The second-order valence-corrected chi connectivity index (χ2v) is 8.41. The van der Waals surface area contributed by atoms with Crippen LogP contribution in [-0.4, -0.2) is 36.7 Å². The molecule has 0 bridgehead atoms. The normalized spacial score (nSPS) is 14.1. The number of carbonyl (C=O) groups excluding carboxylic acids is 1. The smallest absolute Gasteiger partial charge is 0.274 e. The van der Waals surface area contributed by atoms with E-state index in [1.165, 1.54) is 11.7 Å². The molecule has 1 N–H and O–H groups in total. The molecule has 0 saturated carbocycles. The summed E-state index contributed by atoms with van der Waals surface area (Å²) in [6, 6.07) is 15.5. The first-order valence-electron chi connectivity index (χ1n) is 8.73. The van der Waals surface area contributed by atoms with Crippen LogP contribution >= 0.6 is 0 Å². The molecule has 0 unspecified atom stereocenters. The van der Waals surface area contributed by atoms with Crippen molar-refractivity contribution in [3.05, 3.63) is 59.8 Å². The Labute approximate surface area is 167 Å². The quantitative estimate of drug-likeness (QED) is 0.709. The number of sulfone groups is 1. The maximum absolute atomic E-state index is 13.2. The van der Waals surface area contributed by atoms with Gasteiger partial charge in [-0.05, 0) is 24.3 Å². The molecule has 0 fully saturated rings. The third-order valence-electron chi connectivity index (χ3n) is 4.65. The Bertz CT molecular complexity index is 1270. The second kappa shape index (κ2) is 7.07. The van der Waals surface area contributed by atoms with E-state index in [9.17, 15) is 18.5 Å². The number of hydrogen-bond acceptors (Lipinski definition) is 6. The number of carbonyl (C=O) groups is 1. The third-order valence-corrected chi connectivity index (χ3v) is 6.24. The van der Waals surface area contributed by atoms with Gasteiger partial charge in [-0.2, -0.15) is 5.26 Å². The third kappa shape index (κ3) is 3.23. The van der Waals surface area contributed by atoms with E-state index in [0.717, 1.165) is 0 Å². The molecule has 1 aliphatic rings. The van der Waals surface area contributed by atoms with Gasteiger partial charge in [0, 0.05) is 12.1 Å². The van der Waals surface area contributed by atoms with Crippen LogP contribution in [0.4, 0.5) is 5.69 Å². The van der Waals surface area contributed by atoms with Crippen LogP contribution in [0.2, 0.25) is 0 Å². The summed E-state index contributed by atoms with van der Waals surface area (Å²) in [5.74, 6) is -0.0935. The highest BCUT2D eigenvalue weighted by molar-refractivity contribution is 7.91. The molecule has 8 nitrogen and oxygen atoms in total. The Morgan fingerprint density at radius 1 is 1.24 bits per heavy atom. The number of nitrogens with one attached hydrogen (secondary N) is 1. The summed E-state index contributed by atoms with van der Waals surface area (Å²) in [5.41, 5.74) is 1.57. The Morgan fingerprint density at radius 3 is 2.79 bits per heavy atom. The Hall–Kier alpha value is -3.64. The largest absolute Gasteiger partial charge is 0.497 e. The fraction of sp³-hybridized carbons (Fsp3) is 0.150. The van der Waals surface area contributed by atoms with Crippen molar-refractivity contribution in [2.45, 2.75) is 11.7 Å². The van der Waals surface area contributed by atoms with Crippen molar-refractivity contribution in [3.63, 3.8) is 0 Å². The SMILES string of the molecule is COc1cccc(-c2nc3n(c2C(=O)Nc2ccccc2C#N)CCS3(=O)=O)c1. The van der Waals surface area contributed by atoms with Crippen molar-refractivity contribution in [2.24, 2.45) is 0 Å². The lowest BCUT2D eigenvalue weighted by Gasteiger charge is -2.10. The number of fused-ring (bicyclic) bond motifs is 1. The van der Waals surface area contributed by atoms with E-state index in [2.05, 4.69) is 10.3 Å². The zero-order valence-corrected chi connectivity index (χ0v) is 16.2. The summed E-state index contributed by atoms with van der Waals surface area (Å²) in [4.78, 5) is 17.4. The van der Waals surface area contributed by atoms with Crippen molar-refractivity contribution in [2.75, 3.05) is 18.2 Å². The molecular weight excluding hydrogens is 392 g/mol. The van der Waals surface area contributed by atoms with Crippen LogP contribution in [0.1, 0.15) is 16.1 Å². The first-order chi connectivity index (χ1) is 13.9. The molecule has 29 heavy (non-hydrogen) atoms. The highest BCUT2D eigenvalue weighted by Gasteiger charge is 2.35.